The number of aliphatic hydroxyl groups is 1. The van der Waals surface area contributed by atoms with Crippen LogP contribution in [0, 0.1) is 0 Å². The van der Waals surface area contributed by atoms with Crippen LogP contribution in [0.2, 0.25) is 0 Å². The van der Waals surface area contributed by atoms with Crippen LogP contribution >= 0.6 is 0 Å². The van der Waals surface area contributed by atoms with Gasteiger partial charge in [-0.2, -0.15) is 9.97 Å². The van der Waals surface area contributed by atoms with E-state index in [0.29, 0.717) is 34.3 Å². The number of aromatic amines is 1. The zero-order chi connectivity index (χ0) is 17.8. The van der Waals surface area contributed by atoms with Crippen molar-refractivity contribution >= 4 is 23.1 Å². The summed E-state index contributed by atoms with van der Waals surface area (Å²) in [7, 11) is 0. The van der Waals surface area contributed by atoms with E-state index in [9.17, 15) is 9.90 Å². The molecule has 0 bridgehead atoms. The third-order valence-electron chi connectivity index (χ3n) is 4.00. The molecule has 0 aliphatic rings. The van der Waals surface area contributed by atoms with Gasteiger partial charge in [-0.15, -0.1) is 0 Å². The van der Waals surface area contributed by atoms with Gasteiger partial charge in [-0.3, -0.25) is 4.79 Å². The molecular formula is C18H20N4O3. The van der Waals surface area contributed by atoms with E-state index in [1.165, 1.54) is 0 Å². The number of carbonyl (C=O) groups excluding carboxylic acids is 1. The normalized spacial score (nSPS) is 12.2. The standard InChI is InChI=1S/C18H20N4O3/c1-2-3-8-25-18-21-14-13(9-20-15(14)17(19)22-18)16(24)12-7-5-4-6-11(12)10-23/h4-7,9-10,16,20,24H,2-3,8H2,1H3,(H2,19,21,22). The minimum Gasteiger partial charge on any atom is -0.463 e. The lowest BCUT2D eigenvalue weighted by atomic mass is 9.98. The second kappa shape index (κ2) is 7.31. The van der Waals surface area contributed by atoms with Crippen LogP contribution in [0.1, 0.15) is 47.4 Å². The third kappa shape index (κ3) is 3.32. The molecule has 0 spiro atoms. The first-order chi connectivity index (χ1) is 12.2. The topological polar surface area (TPSA) is 114 Å². The van der Waals surface area contributed by atoms with Crippen molar-refractivity contribution in [1.82, 2.24) is 15.0 Å². The van der Waals surface area contributed by atoms with Crippen LogP contribution < -0.4 is 10.5 Å². The van der Waals surface area contributed by atoms with Gasteiger partial charge in [0.1, 0.15) is 23.4 Å². The zero-order valence-electron chi connectivity index (χ0n) is 13.9. The quantitative estimate of drug-likeness (QED) is 0.450. The summed E-state index contributed by atoms with van der Waals surface area (Å²) in [4.78, 5) is 22.7. The number of H-pyrrole nitrogens is 1. The molecule has 1 atom stereocenters. The second-order valence-corrected chi connectivity index (χ2v) is 5.71. The van der Waals surface area contributed by atoms with E-state index < -0.39 is 6.10 Å². The summed E-state index contributed by atoms with van der Waals surface area (Å²) in [6.45, 7) is 2.56. The number of nitrogens with zero attached hydrogens (tertiary/aromatic N) is 2. The monoisotopic (exact) mass is 340 g/mol. The smallest absolute Gasteiger partial charge is 0.319 e. The Morgan fingerprint density at radius 3 is 2.88 bits per heavy atom. The molecule has 2 heterocycles. The lowest BCUT2D eigenvalue weighted by molar-refractivity contribution is 0.111. The van der Waals surface area contributed by atoms with Crippen LogP contribution in [0.25, 0.3) is 11.0 Å². The zero-order valence-corrected chi connectivity index (χ0v) is 13.9. The number of hydrogen-bond donors (Lipinski definition) is 3. The first-order valence-corrected chi connectivity index (χ1v) is 8.15. The summed E-state index contributed by atoms with van der Waals surface area (Å²) in [5.41, 5.74) is 8.41. The fourth-order valence-corrected chi connectivity index (χ4v) is 2.64. The molecule has 2 aromatic heterocycles. The van der Waals surface area contributed by atoms with E-state index >= 15 is 0 Å². The highest BCUT2D eigenvalue weighted by Gasteiger charge is 2.21. The molecule has 130 valence electrons. The van der Waals surface area contributed by atoms with E-state index in [2.05, 4.69) is 21.9 Å². The third-order valence-corrected chi connectivity index (χ3v) is 4.00. The number of nitrogens with one attached hydrogen (secondary N) is 1. The van der Waals surface area contributed by atoms with Gasteiger partial charge < -0.3 is 20.6 Å². The van der Waals surface area contributed by atoms with Crippen molar-refractivity contribution in [2.45, 2.75) is 25.9 Å². The van der Waals surface area contributed by atoms with Gasteiger partial charge in [0.2, 0.25) is 0 Å². The largest absolute Gasteiger partial charge is 0.463 e. The van der Waals surface area contributed by atoms with Gasteiger partial charge in [0, 0.05) is 17.3 Å². The maximum Gasteiger partial charge on any atom is 0.319 e. The van der Waals surface area contributed by atoms with Crippen molar-refractivity contribution in [3.8, 4) is 6.01 Å². The van der Waals surface area contributed by atoms with Crippen LogP contribution in [0.15, 0.2) is 30.5 Å². The van der Waals surface area contributed by atoms with Gasteiger partial charge >= 0.3 is 6.01 Å². The summed E-state index contributed by atoms with van der Waals surface area (Å²) in [5, 5.41) is 10.8. The average molecular weight is 340 g/mol. The number of hydrogen-bond acceptors (Lipinski definition) is 6. The summed E-state index contributed by atoms with van der Waals surface area (Å²) in [5.74, 6) is 0.249. The van der Waals surface area contributed by atoms with E-state index in [4.69, 9.17) is 10.5 Å². The fourth-order valence-electron chi connectivity index (χ4n) is 2.64. The molecule has 1 aromatic carbocycles. The Labute approximate surface area is 144 Å². The molecule has 0 saturated heterocycles. The van der Waals surface area contributed by atoms with Gasteiger partial charge in [0.15, 0.2) is 5.82 Å². The highest BCUT2D eigenvalue weighted by Crippen LogP contribution is 2.31. The van der Waals surface area contributed by atoms with Crippen LogP contribution in [0.3, 0.4) is 0 Å². The van der Waals surface area contributed by atoms with E-state index in [0.717, 1.165) is 19.1 Å². The number of aromatic nitrogens is 3. The number of benzene rings is 1. The predicted molar refractivity (Wildman–Crippen MR) is 94.6 cm³/mol. The predicted octanol–water partition coefficient (Wildman–Crippen LogP) is 2.61. The Morgan fingerprint density at radius 2 is 2.12 bits per heavy atom. The van der Waals surface area contributed by atoms with Crippen molar-refractivity contribution in [1.29, 1.82) is 0 Å². The molecule has 7 heteroatoms. The summed E-state index contributed by atoms with van der Waals surface area (Å²) in [6, 6.07) is 7.05. The van der Waals surface area contributed by atoms with Crippen LogP contribution in [0.5, 0.6) is 6.01 Å². The number of aldehydes is 1. The van der Waals surface area contributed by atoms with Crippen LogP contribution in [-0.4, -0.2) is 33.0 Å². The van der Waals surface area contributed by atoms with Gasteiger partial charge in [-0.1, -0.05) is 37.6 Å². The van der Waals surface area contributed by atoms with Crippen molar-refractivity contribution in [2.24, 2.45) is 0 Å². The molecule has 3 rings (SSSR count). The number of ether oxygens (including phenoxy) is 1. The number of fused-ring (bicyclic) bond motifs is 1. The minimum atomic E-state index is -1.02. The molecule has 25 heavy (non-hydrogen) atoms. The minimum absolute atomic E-state index is 0.176. The SMILES string of the molecule is CCCCOc1nc(N)c2[nH]cc(C(O)c3ccccc3C=O)c2n1. The number of anilines is 1. The molecule has 0 radical (unpaired) electrons. The lowest BCUT2D eigenvalue weighted by Crippen LogP contribution is -2.06. The average Bonchev–Trinajstić information content (AvgIpc) is 3.06. The van der Waals surface area contributed by atoms with E-state index in [1.807, 2.05) is 0 Å². The molecular weight excluding hydrogens is 320 g/mol. The highest BCUT2D eigenvalue weighted by molar-refractivity contribution is 5.88. The van der Waals surface area contributed by atoms with E-state index in [1.54, 1.807) is 30.5 Å². The summed E-state index contributed by atoms with van der Waals surface area (Å²) < 4.78 is 5.54. The summed E-state index contributed by atoms with van der Waals surface area (Å²) in [6.07, 6.45) is 3.20. The second-order valence-electron chi connectivity index (χ2n) is 5.71. The number of unbranched alkanes of at least 4 members (excludes halogenated alkanes) is 1. The Hall–Kier alpha value is -2.93. The molecule has 0 amide bonds. The van der Waals surface area contributed by atoms with Crippen molar-refractivity contribution < 1.29 is 14.6 Å². The summed E-state index contributed by atoms with van der Waals surface area (Å²) >= 11 is 0. The van der Waals surface area contributed by atoms with Crippen molar-refractivity contribution in [3.63, 3.8) is 0 Å². The maximum absolute atomic E-state index is 11.2. The number of carbonyl (C=O) groups is 1. The number of rotatable bonds is 7. The molecule has 7 nitrogen and oxygen atoms in total. The van der Waals surface area contributed by atoms with Crippen molar-refractivity contribution in [3.05, 3.63) is 47.2 Å². The molecule has 0 aliphatic heterocycles. The first kappa shape index (κ1) is 16.9. The van der Waals surface area contributed by atoms with Crippen molar-refractivity contribution in [2.75, 3.05) is 12.3 Å². The van der Waals surface area contributed by atoms with Gasteiger partial charge in [-0.05, 0) is 12.0 Å². The Morgan fingerprint density at radius 1 is 1.32 bits per heavy atom. The highest BCUT2D eigenvalue weighted by atomic mass is 16.5. The molecule has 0 aliphatic carbocycles. The molecule has 0 saturated carbocycles. The molecule has 4 N–H and O–H groups in total. The van der Waals surface area contributed by atoms with Gasteiger partial charge in [0.05, 0.1) is 6.61 Å². The molecule has 3 aromatic rings. The molecule has 0 fully saturated rings. The fraction of sp³-hybridized carbons (Fsp3) is 0.278. The number of aliphatic hydroxyl groups excluding tert-OH is 1. The number of nitrogens with two attached hydrogens (primary N) is 1. The number of nitrogen functional groups attached to an aromatic ring is 1. The Kier molecular flexibility index (Phi) is 4.95. The Balaban J connectivity index is 2.02. The first-order valence-electron chi connectivity index (χ1n) is 8.15. The molecule has 1 unspecified atom stereocenters. The van der Waals surface area contributed by atoms with E-state index in [-0.39, 0.29) is 11.8 Å². The van der Waals surface area contributed by atoms with Crippen LogP contribution in [0.4, 0.5) is 5.82 Å². The maximum atomic E-state index is 11.2. The lowest BCUT2D eigenvalue weighted by Gasteiger charge is -2.12. The van der Waals surface area contributed by atoms with Gasteiger partial charge in [0.25, 0.3) is 0 Å². The van der Waals surface area contributed by atoms with Crippen LogP contribution in [-0.2, 0) is 0 Å². The van der Waals surface area contributed by atoms with Gasteiger partial charge in [-0.25, -0.2) is 0 Å². The Bertz CT molecular complexity index is 891.